The number of anilines is 1. The largest absolute Gasteiger partial charge is 0.481 e. The van der Waals surface area contributed by atoms with Crippen LogP contribution >= 0.6 is 0 Å². The molecule has 0 aliphatic heterocycles. The Bertz CT molecular complexity index is 1010. The summed E-state index contributed by atoms with van der Waals surface area (Å²) in [6, 6.07) is 24.2. The second-order valence-corrected chi connectivity index (χ2v) is 7.14. The van der Waals surface area contributed by atoms with Crippen LogP contribution in [0.1, 0.15) is 34.2 Å². The molecule has 5 heteroatoms. The van der Waals surface area contributed by atoms with Crippen molar-refractivity contribution in [2.45, 2.75) is 26.3 Å². The van der Waals surface area contributed by atoms with Crippen molar-refractivity contribution < 1.29 is 14.7 Å². The molecule has 0 heterocycles. The van der Waals surface area contributed by atoms with E-state index in [2.05, 4.69) is 35.6 Å². The van der Waals surface area contributed by atoms with Gasteiger partial charge in [-0.25, -0.2) is 0 Å². The highest BCUT2D eigenvalue weighted by molar-refractivity contribution is 6.12. The van der Waals surface area contributed by atoms with E-state index in [9.17, 15) is 4.79 Å². The second kappa shape index (κ2) is 10.3. The fourth-order valence-corrected chi connectivity index (χ4v) is 3.31. The van der Waals surface area contributed by atoms with Gasteiger partial charge in [-0.15, -0.1) is 0 Å². The minimum absolute atomic E-state index is 0.144. The van der Waals surface area contributed by atoms with Gasteiger partial charge < -0.3 is 15.3 Å². The van der Waals surface area contributed by atoms with Gasteiger partial charge in [0.1, 0.15) is 12.8 Å². The lowest BCUT2D eigenvalue weighted by atomic mass is 9.98. The molecule has 0 spiro atoms. The number of aliphatic carboxylic acids is 1. The Kier molecular flexibility index (Phi) is 7.22. The van der Waals surface area contributed by atoms with Gasteiger partial charge in [-0.1, -0.05) is 59.3 Å². The van der Waals surface area contributed by atoms with E-state index in [-0.39, 0.29) is 6.42 Å². The maximum atomic E-state index is 10.7. The zero-order valence-electron chi connectivity index (χ0n) is 17.3. The van der Waals surface area contributed by atoms with E-state index >= 15 is 0 Å². The van der Waals surface area contributed by atoms with Crippen molar-refractivity contribution in [2.75, 3.05) is 12.4 Å². The van der Waals surface area contributed by atoms with Crippen LogP contribution in [-0.4, -0.2) is 23.9 Å². The highest BCUT2D eigenvalue weighted by Crippen LogP contribution is 2.18. The number of rotatable bonds is 9. The molecule has 0 amide bonds. The van der Waals surface area contributed by atoms with Crippen LogP contribution in [0.2, 0.25) is 0 Å². The molecule has 5 nitrogen and oxygen atoms in total. The smallest absolute Gasteiger partial charge is 0.303 e. The minimum atomic E-state index is -0.778. The van der Waals surface area contributed by atoms with Gasteiger partial charge in [0.05, 0.1) is 0 Å². The van der Waals surface area contributed by atoms with Crippen LogP contribution in [0.25, 0.3) is 0 Å². The van der Waals surface area contributed by atoms with Crippen molar-refractivity contribution in [1.82, 2.24) is 0 Å². The number of carboxylic acid groups (broad SMARTS) is 1. The standard InChI is InChI=1S/C25H26N2O3/c1-18-14-20(17-26-23-11-8-19(9-12-23)10-13-24(28)29)16-22(15-18)25(27-30-2)21-6-4-3-5-7-21/h3-9,11-12,14-16,26H,10,13,17H2,1-2H3,(H,28,29)/b27-25-. The molecule has 0 fully saturated rings. The lowest BCUT2D eigenvalue weighted by Crippen LogP contribution is -2.07. The van der Waals surface area contributed by atoms with Gasteiger partial charge in [0.15, 0.2) is 0 Å². The van der Waals surface area contributed by atoms with Crippen LogP contribution in [0, 0.1) is 6.92 Å². The van der Waals surface area contributed by atoms with Crippen molar-refractivity contribution in [3.05, 3.63) is 101 Å². The van der Waals surface area contributed by atoms with E-state index in [4.69, 9.17) is 9.94 Å². The fourth-order valence-electron chi connectivity index (χ4n) is 3.31. The molecule has 2 N–H and O–H groups in total. The predicted octanol–water partition coefficient (Wildman–Crippen LogP) is 5.02. The molecule has 0 aliphatic carbocycles. The number of nitrogens with zero attached hydrogens (tertiary/aromatic N) is 1. The van der Waals surface area contributed by atoms with Crippen LogP contribution < -0.4 is 5.32 Å². The topological polar surface area (TPSA) is 70.9 Å². The summed E-state index contributed by atoms with van der Waals surface area (Å²) >= 11 is 0. The molecule has 3 rings (SSSR count). The van der Waals surface area contributed by atoms with Crippen LogP contribution in [-0.2, 0) is 22.6 Å². The number of hydrogen-bond donors (Lipinski definition) is 2. The maximum Gasteiger partial charge on any atom is 0.303 e. The Morgan fingerprint density at radius 2 is 1.70 bits per heavy atom. The van der Waals surface area contributed by atoms with Crippen LogP contribution in [0.3, 0.4) is 0 Å². The van der Waals surface area contributed by atoms with Gasteiger partial charge in [-0.2, -0.15) is 0 Å². The van der Waals surface area contributed by atoms with E-state index in [1.54, 1.807) is 7.11 Å². The summed E-state index contributed by atoms with van der Waals surface area (Å²) in [5, 5.41) is 16.5. The van der Waals surface area contributed by atoms with Crippen LogP contribution in [0.5, 0.6) is 0 Å². The first-order valence-corrected chi connectivity index (χ1v) is 9.87. The first-order valence-electron chi connectivity index (χ1n) is 9.87. The molecule has 0 saturated heterocycles. The summed E-state index contributed by atoms with van der Waals surface area (Å²) < 4.78 is 0. The minimum Gasteiger partial charge on any atom is -0.481 e. The molecule has 0 radical (unpaired) electrons. The van der Waals surface area contributed by atoms with Crippen LogP contribution in [0.4, 0.5) is 5.69 Å². The van der Waals surface area contributed by atoms with E-state index in [1.165, 1.54) is 0 Å². The number of oxime groups is 1. The Morgan fingerprint density at radius 3 is 2.37 bits per heavy atom. The van der Waals surface area contributed by atoms with E-state index in [0.717, 1.165) is 39.2 Å². The summed E-state index contributed by atoms with van der Waals surface area (Å²) in [5.41, 5.74) is 7.10. The van der Waals surface area contributed by atoms with Gasteiger partial charge in [0.25, 0.3) is 0 Å². The third-order valence-electron chi connectivity index (χ3n) is 4.72. The molecule has 0 aromatic heterocycles. The summed E-state index contributed by atoms with van der Waals surface area (Å²) in [4.78, 5) is 15.8. The molecule has 0 aliphatic rings. The monoisotopic (exact) mass is 402 g/mol. The Labute approximate surface area is 177 Å². The molecule has 0 saturated carbocycles. The zero-order valence-corrected chi connectivity index (χ0v) is 17.3. The molecule has 0 unspecified atom stereocenters. The number of hydrogen-bond acceptors (Lipinski definition) is 4. The molecule has 0 bridgehead atoms. The van der Waals surface area contributed by atoms with Gasteiger partial charge in [-0.05, 0) is 48.7 Å². The normalized spacial score (nSPS) is 11.2. The Morgan fingerprint density at radius 1 is 0.967 bits per heavy atom. The molecule has 3 aromatic carbocycles. The number of nitrogens with one attached hydrogen (secondary N) is 1. The van der Waals surface area contributed by atoms with Gasteiger partial charge in [0, 0.05) is 29.8 Å². The molecule has 30 heavy (non-hydrogen) atoms. The highest BCUT2D eigenvalue weighted by atomic mass is 16.6. The third-order valence-corrected chi connectivity index (χ3v) is 4.72. The van der Waals surface area contributed by atoms with Crippen molar-refractivity contribution in [2.24, 2.45) is 5.16 Å². The van der Waals surface area contributed by atoms with Crippen molar-refractivity contribution in [3.63, 3.8) is 0 Å². The fraction of sp³-hybridized carbons (Fsp3) is 0.200. The molecular formula is C25H26N2O3. The first-order chi connectivity index (χ1) is 14.5. The van der Waals surface area contributed by atoms with Gasteiger partial charge in [0.2, 0.25) is 0 Å². The van der Waals surface area contributed by atoms with Crippen molar-refractivity contribution in [1.29, 1.82) is 0 Å². The van der Waals surface area contributed by atoms with Gasteiger partial charge in [-0.3, -0.25) is 4.79 Å². The zero-order chi connectivity index (χ0) is 21.3. The quantitative estimate of drug-likeness (QED) is 0.389. The Balaban J connectivity index is 1.74. The maximum absolute atomic E-state index is 10.7. The summed E-state index contributed by atoms with van der Waals surface area (Å²) in [6.07, 6.45) is 0.684. The van der Waals surface area contributed by atoms with E-state index in [1.807, 2.05) is 54.6 Å². The van der Waals surface area contributed by atoms with Crippen molar-refractivity contribution >= 4 is 17.4 Å². The average Bonchev–Trinajstić information content (AvgIpc) is 2.75. The summed E-state index contributed by atoms with van der Waals surface area (Å²) in [5.74, 6) is -0.778. The van der Waals surface area contributed by atoms with Crippen LogP contribution in [0.15, 0.2) is 78.0 Å². The van der Waals surface area contributed by atoms with Gasteiger partial charge >= 0.3 is 5.97 Å². The number of aryl methyl sites for hydroxylation is 2. The number of benzene rings is 3. The van der Waals surface area contributed by atoms with E-state index in [0.29, 0.717) is 13.0 Å². The Hall–Kier alpha value is -3.60. The molecular weight excluding hydrogens is 376 g/mol. The molecule has 0 atom stereocenters. The summed E-state index contributed by atoms with van der Waals surface area (Å²) in [7, 11) is 1.56. The third kappa shape index (κ3) is 5.95. The second-order valence-electron chi connectivity index (χ2n) is 7.14. The number of carboxylic acids is 1. The van der Waals surface area contributed by atoms with E-state index < -0.39 is 5.97 Å². The molecule has 154 valence electrons. The molecule has 3 aromatic rings. The highest BCUT2D eigenvalue weighted by Gasteiger charge is 2.10. The lowest BCUT2D eigenvalue weighted by Gasteiger charge is -2.12. The average molecular weight is 402 g/mol. The number of carbonyl (C=O) groups is 1. The summed E-state index contributed by atoms with van der Waals surface area (Å²) in [6.45, 7) is 2.73. The van der Waals surface area contributed by atoms with Crippen molar-refractivity contribution in [3.8, 4) is 0 Å². The predicted molar refractivity (Wildman–Crippen MR) is 120 cm³/mol. The SMILES string of the molecule is CO/N=C(/c1ccccc1)c1cc(C)cc(CNc2ccc(CCC(=O)O)cc2)c1. The first kappa shape index (κ1) is 21.1. The lowest BCUT2D eigenvalue weighted by molar-refractivity contribution is -0.136.